The molecule has 0 aliphatic heterocycles. The van der Waals surface area contributed by atoms with Crippen LogP contribution in [0.5, 0.6) is 0 Å². The second kappa shape index (κ2) is 56.4. The van der Waals surface area contributed by atoms with E-state index in [-0.39, 0.29) is 111 Å². The number of rotatable bonds is 18. The molecule has 0 aliphatic rings. The average molecular weight is 1970 g/mol. The minimum Gasteiger partial charge on any atom is -0.0620 e. The van der Waals surface area contributed by atoms with E-state index < -0.39 is 47.5 Å². The molecule has 6 radical (unpaired) electrons. The van der Waals surface area contributed by atoms with Crippen LogP contribution in [0.15, 0.2) is 546 Å². The molecule has 618 valence electrons. The molecule has 120 heavy (non-hydrogen) atoms. The fourth-order valence-electron chi connectivity index (χ4n) is 13.9. The van der Waals surface area contributed by atoms with Crippen LogP contribution in [0.2, 0.25) is 0 Å². The van der Waals surface area contributed by atoms with Crippen LogP contribution in [0.4, 0.5) is 0 Å². The monoisotopic (exact) mass is 1960 g/mol. The minimum absolute atomic E-state index is 0. The molecule has 0 saturated carbocycles. The van der Waals surface area contributed by atoms with Gasteiger partial charge < -0.3 is 0 Å². The molecule has 0 bridgehead atoms. The molecule has 18 aromatic carbocycles. The molecule has 18 aromatic rings. The van der Waals surface area contributed by atoms with Crippen molar-refractivity contribution >= 4 is 143 Å². The van der Waals surface area contributed by atoms with Crippen molar-refractivity contribution < 1.29 is 111 Å². The molecule has 0 amide bonds. The summed E-state index contributed by atoms with van der Waals surface area (Å²) in [5, 5.41) is 25.8. The van der Waals surface area contributed by atoms with Crippen LogP contribution in [0.3, 0.4) is 0 Å². The van der Waals surface area contributed by atoms with Crippen molar-refractivity contribution in [2.75, 3.05) is 0 Å². The van der Waals surface area contributed by atoms with E-state index in [0.29, 0.717) is 0 Å². The van der Waals surface area contributed by atoms with Crippen molar-refractivity contribution in [3.8, 4) is 0 Å². The predicted molar refractivity (Wildman–Crippen MR) is 526 cm³/mol. The quantitative estimate of drug-likeness (QED) is 0.0593. The molecule has 12 heteroatoms. The Morgan fingerprint density at radius 1 is 0.0750 bits per heavy atom. The van der Waals surface area contributed by atoms with E-state index in [1.165, 1.54) is 95.5 Å². The maximum Gasteiger partial charge on any atom is 1.00 e. The second-order valence-corrected chi connectivity index (χ2v) is 41.7. The topological polar surface area (TPSA) is 0 Å². The Hall–Kier alpha value is -8.34. The van der Waals surface area contributed by atoms with Crippen LogP contribution >= 0.6 is 47.5 Å². The van der Waals surface area contributed by atoms with Crippen LogP contribution in [0.25, 0.3) is 0 Å². The molecule has 18 rings (SSSR count). The van der Waals surface area contributed by atoms with E-state index in [1.54, 1.807) is 0 Å². The fourth-order valence-corrected chi connectivity index (χ4v) is 29.4. The van der Waals surface area contributed by atoms with Crippen molar-refractivity contribution in [1.29, 1.82) is 0 Å². The number of hydrogen-bond acceptors (Lipinski definition) is 0. The SMILES string of the molecule is [Cu].[Cu].[Cu].[Cu].[Cu].[Cu].[H+].[H+].[H+].[H+].[H+].[H+].c1ccc([PH+](c2ccccc2)c2ccccc2)cc1.c1ccc([PH+](c2ccccc2)c2ccccc2)cc1.c1ccc([PH+](c2ccccc2)c2ccccc2)cc1.c1ccc([PH+](c2ccccc2)c2ccccc2)cc1.c1ccc([PH+](c2ccccc2)c2ccccc2)cc1.c1ccc([PH+](c2ccccc2)c2ccccc2)cc1. The van der Waals surface area contributed by atoms with Crippen LogP contribution in [0, 0.1) is 0 Å². The average Bonchev–Trinajstić information content (AvgIpc) is 0.852. The summed E-state index contributed by atoms with van der Waals surface area (Å²) >= 11 is 0. The molecule has 0 unspecified atom stereocenters. The third-order valence-corrected chi connectivity index (χ3v) is 35.5. The fraction of sp³-hybridized carbons (Fsp3) is 0. The molecule has 0 heterocycles. The Morgan fingerprint density at radius 2 is 0.117 bits per heavy atom. The summed E-state index contributed by atoms with van der Waals surface area (Å²) < 4.78 is 0. The standard InChI is InChI=1S/6C18H15P.6Cu/c6*1-4-10-16(11-5-1)19(17-12-6-2-7-13-17)18-14-8-3-9-15-18;;;;;;/h6*1-15H;;;;;;/p+12. The molecular formula is C108H102Cu6P6+12. The first-order valence-corrected chi connectivity index (χ1v) is 47.9. The first-order chi connectivity index (χ1) is 56.7. The van der Waals surface area contributed by atoms with Crippen LogP contribution in [-0.4, -0.2) is 0 Å². The zero-order chi connectivity index (χ0) is 77.5. The predicted octanol–water partition coefficient (Wildman–Crippen LogP) is 19.7. The van der Waals surface area contributed by atoms with Gasteiger partial charge in [0.15, 0.2) is 0 Å². The van der Waals surface area contributed by atoms with Crippen LogP contribution in [-0.2, 0) is 102 Å². The van der Waals surface area contributed by atoms with Gasteiger partial charge in [-0.15, -0.1) is 0 Å². The second-order valence-electron chi connectivity index (χ2n) is 26.8. The summed E-state index contributed by atoms with van der Waals surface area (Å²) in [6.07, 6.45) is 0. The molecule has 0 nitrogen and oxygen atoms in total. The van der Waals surface area contributed by atoms with E-state index in [1.807, 2.05) is 0 Å². The molecular weight excluding hydrogens is 1860 g/mol. The van der Waals surface area contributed by atoms with Gasteiger partial charge in [0.05, 0.1) is 47.5 Å². The maximum atomic E-state index is 2.24. The molecule has 0 N–H and O–H groups in total. The Balaban J connectivity index is 0.000000742. The minimum atomic E-state index is -0.877. The largest absolute Gasteiger partial charge is 1.00 e. The Kier molecular flexibility index (Phi) is 46.4. The van der Waals surface area contributed by atoms with E-state index in [2.05, 4.69) is 546 Å². The van der Waals surface area contributed by atoms with Crippen molar-refractivity contribution in [3.63, 3.8) is 0 Å². The third-order valence-electron chi connectivity index (χ3n) is 19.1. The summed E-state index contributed by atoms with van der Waals surface area (Å²) in [6, 6.07) is 195. The molecule has 0 atom stereocenters. The van der Waals surface area contributed by atoms with Gasteiger partial charge in [0.1, 0.15) is 95.5 Å². The zero-order valence-corrected chi connectivity index (χ0v) is 77.4. The Labute approximate surface area is 792 Å². The van der Waals surface area contributed by atoms with Gasteiger partial charge in [0.25, 0.3) is 0 Å². The van der Waals surface area contributed by atoms with E-state index in [4.69, 9.17) is 0 Å². The molecule has 0 spiro atoms. The van der Waals surface area contributed by atoms with Gasteiger partial charge in [-0.1, -0.05) is 328 Å². The normalized spacial score (nSPS) is 10.1. The first kappa shape index (κ1) is 98.8. The van der Waals surface area contributed by atoms with Crippen molar-refractivity contribution in [3.05, 3.63) is 546 Å². The first-order valence-electron chi connectivity index (χ1n) is 38.9. The zero-order valence-electron chi connectivity index (χ0n) is 71.8. The third kappa shape index (κ3) is 30.0. The Bertz CT molecular complexity index is 4130. The van der Waals surface area contributed by atoms with Gasteiger partial charge in [0, 0.05) is 102 Å². The van der Waals surface area contributed by atoms with Crippen molar-refractivity contribution in [1.82, 2.24) is 0 Å². The van der Waals surface area contributed by atoms with E-state index >= 15 is 0 Å². The summed E-state index contributed by atoms with van der Waals surface area (Å²) in [6.45, 7) is 0. The summed E-state index contributed by atoms with van der Waals surface area (Å²) in [4.78, 5) is 0. The number of hydrogen-bond donors (Lipinski definition) is 0. The van der Waals surface area contributed by atoms with Gasteiger partial charge in [-0.2, -0.15) is 0 Å². The summed E-state index contributed by atoms with van der Waals surface area (Å²) in [7, 11) is -5.26. The van der Waals surface area contributed by atoms with Gasteiger partial charge in [-0.05, 0) is 218 Å². The van der Waals surface area contributed by atoms with Gasteiger partial charge in [-0.25, -0.2) is 0 Å². The van der Waals surface area contributed by atoms with Crippen molar-refractivity contribution in [2.24, 2.45) is 0 Å². The Morgan fingerprint density at radius 3 is 0.158 bits per heavy atom. The van der Waals surface area contributed by atoms with Crippen LogP contribution < -0.4 is 95.5 Å². The molecule has 0 fully saturated rings. The maximum absolute atomic E-state index is 2.24. The summed E-state index contributed by atoms with van der Waals surface area (Å²) in [5.41, 5.74) is 0. The number of benzene rings is 18. The van der Waals surface area contributed by atoms with Crippen LogP contribution in [0.1, 0.15) is 8.56 Å². The van der Waals surface area contributed by atoms with Gasteiger partial charge in [-0.3, -0.25) is 0 Å². The smallest absolute Gasteiger partial charge is 0.0620 e. The molecule has 0 aromatic heterocycles. The van der Waals surface area contributed by atoms with E-state index in [9.17, 15) is 0 Å². The van der Waals surface area contributed by atoms with Gasteiger partial charge in [0.2, 0.25) is 0 Å². The molecule has 0 saturated heterocycles. The van der Waals surface area contributed by atoms with E-state index in [0.717, 1.165) is 0 Å². The molecule has 0 aliphatic carbocycles. The van der Waals surface area contributed by atoms with Crippen molar-refractivity contribution in [2.45, 2.75) is 0 Å². The summed E-state index contributed by atoms with van der Waals surface area (Å²) in [5.74, 6) is 0. The van der Waals surface area contributed by atoms with Gasteiger partial charge >= 0.3 is 8.56 Å².